The summed E-state index contributed by atoms with van der Waals surface area (Å²) in [6, 6.07) is 21.1. The molecule has 10 heteroatoms. The Kier molecular flexibility index (Phi) is 9.81. The first kappa shape index (κ1) is 30.6. The second-order valence-electron chi connectivity index (χ2n) is 10.6. The molecule has 5 rings (SSSR count). The molecule has 0 spiro atoms. The van der Waals surface area contributed by atoms with Crippen molar-refractivity contribution >= 4 is 17.5 Å². The molecule has 228 valence electrons. The van der Waals surface area contributed by atoms with Gasteiger partial charge >= 0.3 is 5.97 Å². The van der Waals surface area contributed by atoms with Gasteiger partial charge in [0, 0.05) is 23.3 Å². The summed E-state index contributed by atoms with van der Waals surface area (Å²) in [5.41, 5.74) is 6.84. The fraction of sp³-hybridized carbons (Fsp3) is 0.265. The number of nitrogens with zero attached hydrogens (tertiary/aromatic N) is 1. The number of hydrogen-bond acceptors (Lipinski definition) is 7. The maximum absolute atomic E-state index is 14.3. The van der Waals surface area contributed by atoms with Crippen LogP contribution in [0.5, 0.6) is 5.75 Å². The first-order chi connectivity index (χ1) is 21.3. The molecule has 0 radical (unpaired) electrons. The zero-order valence-electron chi connectivity index (χ0n) is 24.1. The third-order valence-corrected chi connectivity index (χ3v) is 7.59. The Balaban J connectivity index is 1.19. The van der Waals surface area contributed by atoms with E-state index in [0.717, 1.165) is 43.4 Å². The van der Waals surface area contributed by atoms with E-state index in [1.54, 1.807) is 24.3 Å². The normalized spacial score (nSPS) is 13.9. The van der Waals surface area contributed by atoms with E-state index in [2.05, 4.69) is 5.32 Å². The highest BCUT2D eigenvalue weighted by Gasteiger charge is 2.26. The van der Waals surface area contributed by atoms with Crippen molar-refractivity contribution in [2.75, 3.05) is 18.9 Å². The molecular weight excluding hydrogens is 566 g/mol. The van der Waals surface area contributed by atoms with Crippen molar-refractivity contribution in [3.63, 3.8) is 0 Å². The summed E-state index contributed by atoms with van der Waals surface area (Å²) in [6.07, 6.45) is 4.59. The van der Waals surface area contributed by atoms with Gasteiger partial charge in [-0.25, -0.2) is 13.6 Å². The summed E-state index contributed by atoms with van der Waals surface area (Å²) >= 11 is 0. The minimum absolute atomic E-state index is 0.0135. The van der Waals surface area contributed by atoms with Crippen LogP contribution in [-0.2, 0) is 9.53 Å². The van der Waals surface area contributed by atoms with Crippen LogP contribution < -0.4 is 21.3 Å². The summed E-state index contributed by atoms with van der Waals surface area (Å²) in [4.78, 5) is 25.7. The molecule has 0 amide bonds. The van der Waals surface area contributed by atoms with Crippen LogP contribution in [0.25, 0.3) is 5.69 Å². The van der Waals surface area contributed by atoms with Crippen LogP contribution in [0, 0.1) is 17.0 Å². The van der Waals surface area contributed by atoms with E-state index < -0.39 is 23.2 Å². The lowest BCUT2D eigenvalue weighted by atomic mass is 10.0. The van der Waals surface area contributed by atoms with Crippen molar-refractivity contribution in [3.8, 4) is 11.4 Å². The molecule has 4 N–H and O–H groups in total. The van der Waals surface area contributed by atoms with Gasteiger partial charge in [-0.2, -0.15) is 0 Å². The van der Waals surface area contributed by atoms with Gasteiger partial charge in [0.25, 0.3) is 5.56 Å². The Labute approximate surface area is 253 Å². The van der Waals surface area contributed by atoms with Crippen molar-refractivity contribution in [1.82, 2.24) is 9.88 Å². The number of anilines is 1. The van der Waals surface area contributed by atoms with Crippen molar-refractivity contribution in [3.05, 3.63) is 124 Å². The number of esters is 1. The van der Waals surface area contributed by atoms with Crippen LogP contribution in [0.1, 0.15) is 54.8 Å². The highest BCUT2D eigenvalue weighted by Crippen LogP contribution is 2.25. The Morgan fingerprint density at radius 1 is 0.977 bits per heavy atom. The summed E-state index contributed by atoms with van der Waals surface area (Å²) in [7, 11) is 0. The molecule has 8 nitrogen and oxygen atoms in total. The Hall–Kier alpha value is -4.83. The number of aromatic nitrogens is 1. The highest BCUT2D eigenvalue weighted by molar-refractivity contribution is 6.13. The molecule has 1 saturated carbocycles. The number of rotatable bonds is 12. The number of pyridine rings is 1. The smallest absolute Gasteiger partial charge is 0.328 e. The first-order valence-corrected chi connectivity index (χ1v) is 14.6. The molecule has 0 unspecified atom stereocenters. The van der Waals surface area contributed by atoms with Crippen molar-refractivity contribution in [2.45, 2.75) is 44.2 Å². The molecule has 4 aromatic rings. The van der Waals surface area contributed by atoms with Crippen LogP contribution >= 0.6 is 0 Å². The van der Waals surface area contributed by atoms with Gasteiger partial charge in [0.1, 0.15) is 35.3 Å². The maximum atomic E-state index is 14.3. The Bertz CT molecular complexity index is 1670. The lowest BCUT2D eigenvalue weighted by Crippen LogP contribution is -2.33. The fourth-order valence-electron chi connectivity index (χ4n) is 5.29. The van der Waals surface area contributed by atoms with E-state index >= 15 is 0 Å². The number of ether oxygens (including phenoxy) is 2. The Morgan fingerprint density at radius 2 is 1.68 bits per heavy atom. The number of nitrogen functional groups attached to an aromatic ring is 1. The topological polar surface area (TPSA) is 119 Å². The lowest BCUT2D eigenvalue weighted by molar-refractivity contribution is -0.151. The molecule has 0 bridgehead atoms. The summed E-state index contributed by atoms with van der Waals surface area (Å²) < 4.78 is 40.5. The van der Waals surface area contributed by atoms with Crippen LogP contribution in [0.2, 0.25) is 0 Å². The van der Waals surface area contributed by atoms with E-state index in [4.69, 9.17) is 20.6 Å². The van der Waals surface area contributed by atoms with E-state index in [1.165, 1.54) is 16.7 Å². The van der Waals surface area contributed by atoms with E-state index in [1.807, 2.05) is 30.3 Å². The molecule has 1 aromatic heterocycles. The molecule has 1 aliphatic carbocycles. The van der Waals surface area contributed by atoms with Crippen LogP contribution in [0.15, 0.2) is 89.7 Å². The van der Waals surface area contributed by atoms with E-state index in [0.29, 0.717) is 37.1 Å². The second kappa shape index (κ2) is 14.1. The van der Waals surface area contributed by atoms with E-state index in [-0.39, 0.29) is 34.7 Å². The van der Waals surface area contributed by atoms with Gasteiger partial charge < -0.3 is 20.5 Å². The number of carbonyl (C=O) groups excluding carboxylic acids is 1. The van der Waals surface area contributed by atoms with E-state index in [9.17, 15) is 18.4 Å². The number of carbonyl (C=O) groups is 1. The summed E-state index contributed by atoms with van der Waals surface area (Å²) in [5.74, 6) is -1.41. The van der Waals surface area contributed by atoms with Crippen LogP contribution in [-0.4, -0.2) is 35.5 Å². The predicted octanol–water partition coefficient (Wildman–Crippen LogP) is 5.70. The van der Waals surface area contributed by atoms with Crippen LogP contribution in [0.4, 0.5) is 14.6 Å². The molecule has 1 heterocycles. The summed E-state index contributed by atoms with van der Waals surface area (Å²) in [6.45, 7) is 0.903. The van der Waals surface area contributed by atoms with Gasteiger partial charge in [-0.1, -0.05) is 30.3 Å². The van der Waals surface area contributed by atoms with Gasteiger partial charge in [0.2, 0.25) is 0 Å². The van der Waals surface area contributed by atoms with Gasteiger partial charge in [0.15, 0.2) is 0 Å². The number of hydrogen-bond donors (Lipinski definition) is 3. The van der Waals surface area contributed by atoms with Gasteiger partial charge in [0.05, 0.1) is 18.0 Å². The third-order valence-electron chi connectivity index (χ3n) is 7.59. The van der Waals surface area contributed by atoms with Gasteiger partial charge in [-0.3, -0.25) is 14.8 Å². The lowest BCUT2D eigenvalue weighted by Gasteiger charge is -2.20. The average molecular weight is 601 g/mol. The number of halogens is 2. The van der Waals surface area contributed by atoms with Crippen molar-refractivity contribution in [2.24, 2.45) is 0 Å². The van der Waals surface area contributed by atoms with Gasteiger partial charge in [-0.15, -0.1) is 0 Å². The second-order valence-corrected chi connectivity index (χ2v) is 10.6. The van der Waals surface area contributed by atoms with Crippen molar-refractivity contribution in [1.29, 1.82) is 5.41 Å². The predicted molar refractivity (Wildman–Crippen MR) is 164 cm³/mol. The molecule has 1 atom stereocenters. The SMILES string of the molecule is N=C(c1ccc(F)cc1F)c1ccc(=O)n(-c2ccc(OCCCN[C@H](C(=O)OC3CCCC3)c3ccccc3)cc2)c1N. The minimum atomic E-state index is -0.900. The standard InChI is InChI=1S/C34H34F2N4O4/c35-23-11-16-27(29(36)21-23)31(37)28-17-18-30(41)40(33(28)38)24-12-14-25(15-13-24)43-20-6-19-39-32(22-7-2-1-3-8-22)34(42)44-26-9-4-5-10-26/h1-3,7-8,11-18,21,26,32,37,39H,4-6,9-10,19-20,38H2/t32-/m0/s1. The average Bonchev–Trinajstić information content (AvgIpc) is 3.53. The molecule has 1 aliphatic rings. The number of nitrogens with one attached hydrogen (secondary N) is 2. The van der Waals surface area contributed by atoms with Gasteiger partial charge in [-0.05, 0) is 86.7 Å². The molecule has 1 fully saturated rings. The summed E-state index contributed by atoms with van der Waals surface area (Å²) in [5, 5.41) is 11.7. The van der Waals surface area contributed by atoms with Crippen molar-refractivity contribution < 1.29 is 23.0 Å². The third kappa shape index (κ3) is 7.20. The zero-order chi connectivity index (χ0) is 31.1. The molecule has 0 aliphatic heterocycles. The zero-order valence-corrected chi connectivity index (χ0v) is 24.1. The number of benzene rings is 3. The monoisotopic (exact) mass is 600 g/mol. The molecule has 3 aromatic carbocycles. The highest BCUT2D eigenvalue weighted by atomic mass is 19.1. The minimum Gasteiger partial charge on any atom is -0.494 e. The molecule has 44 heavy (non-hydrogen) atoms. The fourth-order valence-corrected chi connectivity index (χ4v) is 5.29. The maximum Gasteiger partial charge on any atom is 0.328 e. The largest absolute Gasteiger partial charge is 0.494 e. The molecular formula is C34H34F2N4O4. The number of nitrogens with two attached hydrogens (primary N) is 1. The Morgan fingerprint density at radius 3 is 2.39 bits per heavy atom. The quantitative estimate of drug-likeness (QED) is 0.109. The molecule has 0 saturated heterocycles. The first-order valence-electron chi connectivity index (χ1n) is 14.6. The van der Waals surface area contributed by atoms with Crippen LogP contribution in [0.3, 0.4) is 0 Å².